The Bertz CT molecular complexity index is 208. The van der Waals surface area contributed by atoms with Crippen molar-refractivity contribution in [2.45, 2.75) is 18.9 Å². The van der Waals surface area contributed by atoms with Gasteiger partial charge >= 0.3 is 0 Å². The summed E-state index contributed by atoms with van der Waals surface area (Å²) in [6.07, 6.45) is 1.34. The molecule has 5 heteroatoms. The predicted octanol–water partition coefficient (Wildman–Crippen LogP) is -0.869. The van der Waals surface area contributed by atoms with Gasteiger partial charge in [-0.15, -0.1) is 0 Å². The number of hydrogen-bond acceptors (Lipinski definition) is 4. The second-order valence-corrected chi connectivity index (χ2v) is 5.34. The van der Waals surface area contributed by atoms with Crippen molar-refractivity contribution in [3.05, 3.63) is 0 Å². The Kier molecular flexibility index (Phi) is 3.47. The van der Waals surface area contributed by atoms with E-state index in [1.54, 1.807) is 0 Å². The van der Waals surface area contributed by atoms with E-state index in [1.165, 1.54) is 6.92 Å². The van der Waals surface area contributed by atoms with Crippen LogP contribution in [-0.2, 0) is 9.84 Å². The second kappa shape index (κ2) is 3.51. The largest absolute Gasteiger partial charge is 0.389 e. The molecule has 0 rings (SSSR count). The zero-order valence-corrected chi connectivity index (χ0v) is 7.69. The summed E-state index contributed by atoms with van der Waals surface area (Å²) in [7, 11) is -2.98. The van der Waals surface area contributed by atoms with Gasteiger partial charge in [0.1, 0.15) is 9.84 Å². The smallest absolute Gasteiger partial charge is 0.147 e. The highest BCUT2D eigenvalue weighted by Crippen LogP contribution is 2.07. The lowest BCUT2D eigenvalue weighted by Gasteiger charge is -2.19. The Balaban J connectivity index is 3.90. The van der Waals surface area contributed by atoms with Gasteiger partial charge in [-0.2, -0.15) is 0 Å². The van der Waals surface area contributed by atoms with Crippen LogP contribution < -0.4 is 5.73 Å². The van der Waals surface area contributed by atoms with Crippen molar-refractivity contribution in [2.75, 3.05) is 18.6 Å². The molecule has 0 aliphatic carbocycles. The summed E-state index contributed by atoms with van der Waals surface area (Å²) >= 11 is 0. The van der Waals surface area contributed by atoms with Crippen molar-refractivity contribution < 1.29 is 13.5 Å². The van der Waals surface area contributed by atoms with Crippen LogP contribution in [0.15, 0.2) is 0 Å². The van der Waals surface area contributed by atoms with E-state index in [4.69, 9.17) is 5.73 Å². The van der Waals surface area contributed by atoms with Gasteiger partial charge in [-0.1, -0.05) is 0 Å². The van der Waals surface area contributed by atoms with Crippen LogP contribution in [-0.4, -0.2) is 37.7 Å². The molecule has 0 aromatic rings. The van der Waals surface area contributed by atoms with Crippen molar-refractivity contribution in [3.8, 4) is 0 Å². The van der Waals surface area contributed by atoms with Gasteiger partial charge in [0.25, 0.3) is 0 Å². The first-order valence-electron chi connectivity index (χ1n) is 3.37. The summed E-state index contributed by atoms with van der Waals surface area (Å²) < 4.78 is 21.3. The molecule has 1 atom stereocenters. The maximum atomic E-state index is 10.6. The average Bonchev–Trinajstić information content (AvgIpc) is 1.83. The lowest BCUT2D eigenvalue weighted by molar-refractivity contribution is 0.0660. The topological polar surface area (TPSA) is 80.4 Å². The molecule has 3 N–H and O–H groups in total. The Morgan fingerprint density at radius 3 is 2.27 bits per heavy atom. The van der Waals surface area contributed by atoms with E-state index in [9.17, 15) is 13.5 Å². The molecule has 11 heavy (non-hydrogen) atoms. The first kappa shape index (κ1) is 10.9. The molecule has 1 unspecified atom stereocenters. The highest BCUT2D eigenvalue weighted by Gasteiger charge is 2.19. The molecule has 0 spiro atoms. The third-order valence-electron chi connectivity index (χ3n) is 1.45. The molecule has 68 valence electrons. The van der Waals surface area contributed by atoms with Gasteiger partial charge in [0, 0.05) is 12.8 Å². The number of nitrogens with two attached hydrogens (primary N) is 1. The van der Waals surface area contributed by atoms with Crippen molar-refractivity contribution in [2.24, 2.45) is 5.73 Å². The quantitative estimate of drug-likeness (QED) is 0.591. The molecule has 0 saturated heterocycles. The zero-order valence-electron chi connectivity index (χ0n) is 6.87. The Morgan fingerprint density at radius 2 is 2.00 bits per heavy atom. The van der Waals surface area contributed by atoms with Gasteiger partial charge in [-0.25, -0.2) is 8.42 Å². The molecule has 0 radical (unpaired) electrons. The normalized spacial score (nSPS) is 17.8. The van der Waals surface area contributed by atoms with Crippen LogP contribution in [0.25, 0.3) is 0 Å². The molecule has 0 fully saturated rings. The lowest BCUT2D eigenvalue weighted by Crippen LogP contribution is -2.35. The predicted molar refractivity (Wildman–Crippen MR) is 44.0 cm³/mol. The molecule has 0 aromatic carbocycles. The van der Waals surface area contributed by atoms with Crippen LogP contribution in [0.5, 0.6) is 0 Å². The summed E-state index contributed by atoms with van der Waals surface area (Å²) in [5, 5.41) is 9.30. The highest BCUT2D eigenvalue weighted by atomic mass is 32.2. The van der Waals surface area contributed by atoms with E-state index in [1.807, 2.05) is 0 Å². The minimum Gasteiger partial charge on any atom is -0.389 e. The fraction of sp³-hybridized carbons (Fsp3) is 1.00. The van der Waals surface area contributed by atoms with Gasteiger partial charge in [0.2, 0.25) is 0 Å². The maximum Gasteiger partial charge on any atom is 0.147 e. The maximum absolute atomic E-state index is 10.6. The average molecular weight is 181 g/mol. The van der Waals surface area contributed by atoms with E-state index in [0.717, 1.165) is 6.26 Å². The van der Waals surface area contributed by atoms with E-state index in [0.29, 0.717) is 0 Å². The van der Waals surface area contributed by atoms with Gasteiger partial charge in [0.05, 0.1) is 11.4 Å². The van der Waals surface area contributed by atoms with Crippen molar-refractivity contribution in [3.63, 3.8) is 0 Å². The van der Waals surface area contributed by atoms with E-state index in [2.05, 4.69) is 0 Å². The molecule has 0 saturated carbocycles. The van der Waals surface area contributed by atoms with Crippen LogP contribution >= 0.6 is 0 Å². The number of hydrogen-bond donors (Lipinski definition) is 2. The second-order valence-electron chi connectivity index (χ2n) is 3.08. The molecule has 4 nitrogen and oxygen atoms in total. The summed E-state index contributed by atoms with van der Waals surface area (Å²) in [6.45, 7) is 1.61. The lowest BCUT2D eigenvalue weighted by atomic mass is 10.1. The van der Waals surface area contributed by atoms with Crippen molar-refractivity contribution in [1.82, 2.24) is 0 Å². The van der Waals surface area contributed by atoms with Crippen LogP contribution in [0.1, 0.15) is 13.3 Å². The molecule has 0 aliphatic rings. The molecular weight excluding hydrogens is 166 g/mol. The molecule has 0 amide bonds. The van der Waals surface area contributed by atoms with Crippen LogP contribution in [0.2, 0.25) is 0 Å². The van der Waals surface area contributed by atoms with Crippen LogP contribution in [0.3, 0.4) is 0 Å². The molecule has 0 aliphatic heterocycles. The molecular formula is C6H15NO3S. The van der Waals surface area contributed by atoms with Gasteiger partial charge in [-0.05, 0) is 13.3 Å². The minimum atomic E-state index is -2.98. The fourth-order valence-corrected chi connectivity index (χ4v) is 1.32. The van der Waals surface area contributed by atoms with E-state index >= 15 is 0 Å². The third kappa shape index (κ3) is 6.28. The first-order valence-corrected chi connectivity index (χ1v) is 5.43. The summed E-state index contributed by atoms with van der Waals surface area (Å²) in [4.78, 5) is 0. The summed E-state index contributed by atoms with van der Waals surface area (Å²) in [5.74, 6) is -0.0167. The van der Waals surface area contributed by atoms with Gasteiger partial charge < -0.3 is 10.8 Å². The Hall–Kier alpha value is -0.130. The molecule has 0 aromatic heterocycles. The first-order chi connectivity index (χ1) is 4.77. The molecule has 0 bridgehead atoms. The Morgan fingerprint density at radius 1 is 1.55 bits per heavy atom. The Labute approximate surface area is 67.3 Å². The van der Waals surface area contributed by atoms with Gasteiger partial charge in [-0.3, -0.25) is 0 Å². The van der Waals surface area contributed by atoms with Crippen molar-refractivity contribution in [1.29, 1.82) is 0 Å². The van der Waals surface area contributed by atoms with E-state index in [-0.39, 0.29) is 18.7 Å². The minimum absolute atomic E-state index is 0.0167. The third-order valence-corrected chi connectivity index (χ3v) is 2.40. The molecule has 0 heterocycles. The zero-order chi connectivity index (χ0) is 9.12. The monoisotopic (exact) mass is 181 g/mol. The van der Waals surface area contributed by atoms with Crippen LogP contribution in [0.4, 0.5) is 0 Å². The van der Waals surface area contributed by atoms with Gasteiger partial charge in [0.15, 0.2) is 0 Å². The summed E-state index contributed by atoms with van der Waals surface area (Å²) in [5.41, 5.74) is 4.14. The standard InChI is InChI=1S/C6H15NO3S/c1-6(8,5-7)3-4-11(2,9)10/h8H,3-5,7H2,1-2H3. The SMILES string of the molecule is CC(O)(CN)CCS(C)(=O)=O. The number of aliphatic hydroxyl groups is 1. The van der Waals surface area contributed by atoms with E-state index < -0.39 is 15.4 Å². The van der Waals surface area contributed by atoms with Crippen LogP contribution in [0, 0.1) is 0 Å². The fourth-order valence-electron chi connectivity index (χ4n) is 0.507. The van der Waals surface area contributed by atoms with Crippen molar-refractivity contribution >= 4 is 9.84 Å². The summed E-state index contributed by atoms with van der Waals surface area (Å²) in [6, 6.07) is 0. The highest BCUT2D eigenvalue weighted by molar-refractivity contribution is 7.90. The number of sulfone groups is 1. The number of rotatable bonds is 4.